The third-order valence-corrected chi connectivity index (χ3v) is 5.47. The molecule has 2 N–H and O–H groups in total. The van der Waals surface area contributed by atoms with Crippen LogP contribution in [0.3, 0.4) is 0 Å². The van der Waals surface area contributed by atoms with Crippen LogP contribution in [0.2, 0.25) is 0 Å². The zero-order chi connectivity index (χ0) is 23.3. The number of hydrogen-bond acceptors (Lipinski definition) is 8. The minimum absolute atomic E-state index is 0.000302. The summed E-state index contributed by atoms with van der Waals surface area (Å²) >= 11 is 0. The van der Waals surface area contributed by atoms with Crippen molar-refractivity contribution < 1.29 is 9.13 Å². The highest BCUT2D eigenvalue weighted by Crippen LogP contribution is 2.35. The fourth-order valence-corrected chi connectivity index (χ4v) is 3.93. The Morgan fingerprint density at radius 1 is 1.30 bits per heavy atom. The maximum Gasteiger partial charge on any atom is 0.258 e. The first-order valence-electron chi connectivity index (χ1n) is 9.98. The molecule has 164 valence electrons. The van der Waals surface area contributed by atoms with Gasteiger partial charge in [-0.15, -0.1) is 0 Å². The third kappa shape index (κ3) is 3.28. The van der Waals surface area contributed by atoms with Gasteiger partial charge in [-0.1, -0.05) is 0 Å². The molecule has 4 aromatic rings. The first-order chi connectivity index (χ1) is 15.9. The predicted octanol–water partition coefficient (Wildman–Crippen LogP) is 2.20. The molecule has 0 aliphatic carbocycles. The van der Waals surface area contributed by atoms with E-state index in [1.807, 2.05) is 0 Å². The van der Waals surface area contributed by atoms with E-state index in [-0.39, 0.29) is 29.5 Å². The minimum Gasteiger partial charge on any atom is -0.467 e. The maximum absolute atomic E-state index is 14.2. The zero-order valence-corrected chi connectivity index (χ0v) is 17.7. The van der Waals surface area contributed by atoms with Crippen molar-refractivity contribution in [2.45, 2.75) is 19.6 Å². The third-order valence-electron chi connectivity index (χ3n) is 5.47. The molecule has 11 heteroatoms. The van der Waals surface area contributed by atoms with E-state index in [1.165, 1.54) is 39.8 Å². The molecule has 1 aromatic carbocycles. The van der Waals surface area contributed by atoms with Gasteiger partial charge in [0.25, 0.3) is 11.4 Å². The second kappa shape index (κ2) is 7.52. The standard InChI is InChI=1S/C22H17FN8O2/c1-11-14-7-12(23)3-4-13(14)21-26-6-5-18(32)31(21)10-16-19(17(8-24)30(2)29-16)15-9-27-20(25)22(28-15)33-11/h3-7,9,11H,10H2,1-2H3,(H2,25,27)/t11-/m1/s1. The summed E-state index contributed by atoms with van der Waals surface area (Å²) in [6.45, 7) is 1.71. The molecule has 0 fully saturated rings. The Balaban J connectivity index is 1.88. The number of benzene rings is 1. The number of aromatic nitrogens is 6. The summed E-state index contributed by atoms with van der Waals surface area (Å²) in [7, 11) is 1.62. The molecule has 0 spiro atoms. The molecule has 1 atom stereocenters. The molecule has 4 heterocycles. The van der Waals surface area contributed by atoms with Gasteiger partial charge < -0.3 is 10.5 Å². The smallest absolute Gasteiger partial charge is 0.258 e. The molecule has 0 saturated heterocycles. The van der Waals surface area contributed by atoms with Gasteiger partial charge >= 0.3 is 0 Å². The second-order valence-corrected chi connectivity index (χ2v) is 7.54. The van der Waals surface area contributed by atoms with Crippen molar-refractivity contribution in [2.75, 3.05) is 5.73 Å². The Kier molecular flexibility index (Phi) is 4.63. The molecule has 5 rings (SSSR count). The quantitative estimate of drug-likeness (QED) is 0.436. The van der Waals surface area contributed by atoms with Gasteiger partial charge in [0.1, 0.15) is 29.5 Å². The summed E-state index contributed by atoms with van der Waals surface area (Å²) in [4.78, 5) is 26.0. The first kappa shape index (κ1) is 20.3. The van der Waals surface area contributed by atoms with Crippen LogP contribution < -0.4 is 16.0 Å². The van der Waals surface area contributed by atoms with Gasteiger partial charge in [0, 0.05) is 30.4 Å². The fraction of sp³-hybridized carbons (Fsp3) is 0.182. The lowest BCUT2D eigenvalue weighted by Gasteiger charge is -2.21. The Hall–Kier alpha value is -4.59. The number of nitriles is 1. The highest BCUT2D eigenvalue weighted by atomic mass is 19.1. The number of nitrogens with two attached hydrogens (primary N) is 1. The van der Waals surface area contributed by atoms with Crippen LogP contribution in [0.5, 0.6) is 5.88 Å². The van der Waals surface area contributed by atoms with Crippen LogP contribution in [0.25, 0.3) is 22.6 Å². The van der Waals surface area contributed by atoms with E-state index < -0.39 is 11.9 Å². The monoisotopic (exact) mass is 444 g/mol. The molecular weight excluding hydrogens is 427 g/mol. The summed E-state index contributed by atoms with van der Waals surface area (Å²) in [5.41, 5.74) is 7.99. The lowest BCUT2D eigenvalue weighted by Crippen LogP contribution is -2.24. The first-order valence-corrected chi connectivity index (χ1v) is 9.98. The van der Waals surface area contributed by atoms with Crippen molar-refractivity contribution in [3.8, 4) is 34.6 Å². The van der Waals surface area contributed by atoms with Crippen LogP contribution in [-0.2, 0) is 13.6 Å². The molecule has 0 radical (unpaired) electrons. The summed E-state index contributed by atoms with van der Waals surface area (Å²) in [6, 6.07) is 7.60. The maximum atomic E-state index is 14.2. The van der Waals surface area contributed by atoms with Crippen molar-refractivity contribution in [2.24, 2.45) is 7.05 Å². The molecule has 0 saturated carbocycles. The van der Waals surface area contributed by atoms with Gasteiger partial charge in [0.15, 0.2) is 5.82 Å². The summed E-state index contributed by atoms with van der Waals surface area (Å²) in [5.74, 6) is -0.0850. The molecule has 2 bridgehead atoms. The average molecular weight is 444 g/mol. The number of fused-ring (bicyclic) bond motifs is 7. The number of nitrogen functional groups attached to an aromatic ring is 1. The van der Waals surface area contributed by atoms with Crippen molar-refractivity contribution in [1.29, 1.82) is 5.26 Å². The van der Waals surface area contributed by atoms with Gasteiger partial charge in [-0.25, -0.2) is 19.3 Å². The highest BCUT2D eigenvalue weighted by molar-refractivity contribution is 5.70. The fourth-order valence-electron chi connectivity index (χ4n) is 3.93. The zero-order valence-electron chi connectivity index (χ0n) is 17.7. The van der Waals surface area contributed by atoms with Crippen LogP contribution in [0.1, 0.15) is 30.0 Å². The largest absolute Gasteiger partial charge is 0.467 e. The lowest BCUT2D eigenvalue weighted by atomic mass is 10.0. The molecule has 33 heavy (non-hydrogen) atoms. The van der Waals surface area contributed by atoms with E-state index in [0.717, 1.165) is 0 Å². The Morgan fingerprint density at radius 2 is 2.12 bits per heavy atom. The van der Waals surface area contributed by atoms with E-state index >= 15 is 0 Å². The number of anilines is 1. The normalized spacial score (nSPS) is 14.5. The highest BCUT2D eigenvalue weighted by Gasteiger charge is 2.26. The Morgan fingerprint density at radius 3 is 2.91 bits per heavy atom. The van der Waals surface area contributed by atoms with Crippen LogP contribution in [0.4, 0.5) is 10.2 Å². The topological polar surface area (TPSA) is 138 Å². The number of aryl methyl sites for hydroxylation is 1. The van der Waals surface area contributed by atoms with Gasteiger partial charge in [-0.2, -0.15) is 10.4 Å². The molecular formula is C22H17FN8O2. The van der Waals surface area contributed by atoms with Crippen LogP contribution in [0.15, 0.2) is 41.5 Å². The van der Waals surface area contributed by atoms with Crippen molar-refractivity contribution >= 4 is 5.82 Å². The van der Waals surface area contributed by atoms with Crippen molar-refractivity contribution in [3.05, 3.63) is 69.8 Å². The van der Waals surface area contributed by atoms with E-state index in [0.29, 0.717) is 33.9 Å². The van der Waals surface area contributed by atoms with Crippen LogP contribution >= 0.6 is 0 Å². The van der Waals surface area contributed by atoms with Gasteiger partial charge in [-0.3, -0.25) is 14.0 Å². The lowest BCUT2D eigenvalue weighted by molar-refractivity contribution is 0.218. The molecule has 1 aliphatic heterocycles. The number of ether oxygens (including phenoxy) is 1. The summed E-state index contributed by atoms with van der Waals surface area (Å²) in [6.07, 6.45) is 2.10. The van der Waals surface area contributed by atoms with Crippen molar-refractivity contribution in [3.63, 3.8) is 0 Å². The van der Waals surface area contributed by atoms with E-state index in [9.17, 15) is 14.4 Å². The van der Waals surface area contributed by atoms with Gasteiger partial charge in [0.05, 0.1) is 29.7 Å². The molecule has 1 aliphatic rings. The number of nitrogens with zero attached hydrogens (tertiary/aromatic N) is 7. The van der Waals surface area contributed by atoms with Crippen LogP contribution in [-0.4, -0.2) is 29.3 Å². The predicted molar refractivity (Wildman–Crippen MR) is 115 cm³/mol. The van der Waals surface area contributed by atoms with Gasteiger partial charge in [0.2, 0.25) is 0 Å². The van der Waals surface area contributed by atoms with E-state index in [2.05, 4.69) is 26.1 Å². The number of halogens is 1. The summed E-state index contributed by atoms with van der Waals surface area (Å²) in [5, 5.41) is 14.2. The molecule has 3 aromatic heterocycles. The van der Waals surface area contributed by atoms with E-state index in [1.54, 1.807) is 20.0 Å². The number of rotatable bonds is 0. The van der Waals surface area contributed by atoms with E-state index in [4.69, 9.17) is 10.5 Å². The SMILES string of the molecule is C[C@H]1Oc2nc(cnc2N)-c2c(nn(C)c2C#N)Cn2c(nccc2=O)-c2ccc(F)cc21. The minimum atomic E-state index is -0.712. The molecule has 10 nitrogen and oxygen atoms in total. The van der Waals surface area contributed by atoms with Crippen LogP contribution in [0, 0.1) is 17.1 Å². The Labute approximate surface area is 186 Å². The van der Waals surface area contributed by atoms with Crippen molar-refractivity contribution in [1.82, 2.24) is 29.3 Å². The van der Waals surface area contributed by atoms with Gasteiger partial charge in [-0.05, 0) is 25.1 Å². The number of hydrogen-bond donors (Lipinski definition) is 1. The Bertz CT molecular complexity index is 1520. The second-order valence-electron chi connectivity index (χ2n) is 7.54. The molecule has 0 unspecified atom stereocenters. The molecule has 0 amide bonds. The average Bonchev–Trinajstić information content (AvgIpc) is 3.10. The summed E-state index contributed by atoms with van der Waals surface area (Å²) < 4.78 is 23.0.